The first-order valence-corrected chi connectivity index (χ1v) is 10.8. The van der Waals surface area contributed by atoms with Crippen LogP contribution in [0, 0.1) is 10.1 Å². The summed E-state index contributed by atoms with van der Waals surface area (Å²) in [5, 5.41) is 15.2. The van der Waals surface area contributed by atoms with E-state index in [0.29, 0.717) is 23.6 Å². The van der Waals surface area contributed by atoms with Crippen LogP contribution in [0.15, 0.2) is 85.3 Å². The van der Waals surface area contributed by atoms with E-state index in [0.717, 1.165) is 5.56 Å². The van der Waals surface area contributed by atoms with Crippen molar-refractivity contribution in [3.8, 4) is 0 Å². The van der Waals surface area contributed by atoms with Crippen LogP contribution in [0.25, 0.3) is 0 Å². The second-order valence-corrected chi connectivity index (χ2v) is 7.34. The predicted molar refractivity (Wildman–Crippen MR) is 131 cm³/mol. The Labute approximate surface area is 201 Å². The molecule has 10 heteroatoms. The third-order valence-corrected chi connectivity index (χ3v) is 4.99. The summed E-state index contributed by atoms with van der Waals surface area (Å²) in [4.78, 5) is 38.2. The maximum Gasteiger partial charge on any atom is 0.354 e. The molecule has 0 aliphatic carbocycles. The van der Waals surface area contributed by atoms with Crippen molar-refractivity contribution in [2.45, 2.75) is 13.5 Å². The average Bonchev–Trinajstić information content (AvgIpc) is 2.88. The molecule has 35 heavy (non-hydrogen) atoms. The van der Waals surface area contributed by atoms with Crippen molar-refractivity contribution >= 4 is 34.8 Å². The monoisotopic (exact) mass is 470 g/mol. The largest absolute Gasteiger partial charge is 0.462 e. The molecule has 0 radical (unpaired) electrons. The number of benzene rings is 2. The van der Waals surface area contributed by atoms with Gasteiger partial charge in [-0.05, 0) is 42.8 Å². The molecular weight excluding hydrogens is 448 g/mol. The number of carbonyl (C=O) groups is 1. The quantitative estimate of drug-likeness (QED) is 0.203. The third-order valence-electron chi connectivity index (χ3n) is 4.99. The molecule has 0 bridgehead atoms. The third kappa shape index (κ3) is 5.56. The normalized spacial score (nSPS) is 10.4. The Balaban J connectivity index is 1.76. The van der Waals surface area contributed by atoms with Gasteiger partial charge < -0.3 is 15.0 Å². The van der Waals surface area contributed by atoms with E-state index in [2.05, 4.69) is 20.3 Å². The van der Waals surface area contributed by atoms with Crippen molar-refractivity contribution in [2.24, 2.45) is 0 Å². The highest BCUT2D eigenvalue weighted by atomic mass is 16.6. The second kappa shape index (κ2) is 10.8. The molecular formula is C25H22N6O4. The molecule has 0 fully saturated rings. The van der Waals surface area contributed by atoms with Gasteiger partial charge in [0.15, 0.2) is 0 Å². The van der Waals surface area contributed by atoms with E-state index in [9.17, 15) is 14.9 Å². The number of carbonyl (C=O) groups excluding carboxylic acids is 1. The Kier molecular flexibility index (Phi) is 7.22. The summed E-state index contributed by atoms with van der Waals surface area (Å²) in [7, 11) is 0. The van der Waals surface area contributed by atoms with Crippen LogP contribution in [0.5, 0.6) is 0 Å². The molecule has 0 unspecified atom stereocenters. The summed E-state index contributed by atoms with van der Waals surface area (Å²) in [6.45, 7) is 2.25. The average molecular weight is 470 g/mol. The number of aromatic nitrogens is 3. The van der Waals surface area contributed by atoms with Gasteiger partial charge in [-0.25, -0.2) is 19.7 Å². The SMILES string of the molecule is CCOC(=O)c1cccc(Nc2ncnc(N(Cc3ccccc3)c3ccccn3)c2[N+](=O)[O-])c1. The molecule has 0 saturated heterocycles. The minimum absolute atomic E-state index is 0.0185. The summed E-state index contributed by atoms with van der Waals surface area (Å²) < 4.78 is 5.04. The molecule has 0 spiro atoms. The summed E-state index contributed by atoms with van der Waals surface area (Å²) in [5.74, 6) is 0.0678. The Bertz CT molecular complexity index is 1320. The Morgan fingerprint density at radius 3 is 2.54 bits per heavy atom. The van der Waals surface area contributed by atoms with Crippen molar-refractivity contribution in [2.75, 3.05) is 16.8 Å². The number of hydrogen-bond acceptors (Lipinski definition) is 9. The summed E-state index contributed by atoms with van der Waals surface area (Å²) >= 11 is 0. The van der Waals surface area contributed by atoms with Gasteiger partial charge in [0.25, 0.3) is 0 Å². The first-order chi connectivity index (χ1) is 17.1. The summed E-state index contributed by atoms with van der Waals surface area (Å²) in [6.07, 6.45) is 2.86. The number of anilines is 4. The maximum atomic E-state index is 12.2. The smallest absolute Gasteiger partial charge is 0.354 e. The number of nitrogens with one attached hydrogen (secondary N) is 1. The number of nitro groups is 1. The number of hydrogen-bond donors (Lipinski definition) is 1. The van der Waals surface area contributed by atoms with Gasteiger partial charge in [-0.1, -0.05) is 42.5 Å². The van der Waals surface area contributed by atoms with E-state index in [1.54, 1.807) is 60.5 Å². The van der Waals surface area contributed by atoms with Gasteiger partial charge in [0.1, 0.15) is 12.1 Å². The van der Waals surface area contributed by atoms with E-state index in [1.165, 1.54) is 6.33 Å². The number of rotatable bonds is 9. The van der Waals surface area contributed by atoms with E-state index >= 15 is 0 Å². The molecule has 0 saturated carbocycles. The molecule has 0 amide bonds. The number of nitrogens with zero attached hydrogens (tertiary/aromatic N) is 5. The summed E-state index contributed by atoms with van der Waals surface area (Å²) in [6, 6.07) is 21.3. The zero-order chi connectivity index (χ0) is 24.6. The molecule has 0 atom stereocenters. The lowest BCUT2D eigenvalue weighted by Crippen LogP contribution is -2.21. The van der Waals surface area contributed by atoms with Crippen LogP contribution in [0.1, 0.15) is 22.8 Å². The predicted octanol–water partition coefficient (Wildman–Crippen LogP) is 5.04. The molecule has 0 aliphatic heterocycles. The number of esters is 1. The molecule has 1 N–H and O–H groups in total. The molecule has 0 aliphatic rings. The van der Waals surface area contributed by atoms with Crippen molar-refractivity contribution in [3.63, 3.8) is 0 Å². The van der Waals surface area contributed by atoms with Crippen LogP contribution < -0.4 is 10.2 Å². The molecule has 10 nitrogen and oxygen atoms in total. The molecule has 176 valence electrons. The number of ether oxygens (including phenoxy) is 1. The Morgan fingerprint density at radius 2 is 1.83 bits per heavy atom. The zero-order valence-corrected chi connectivity index (χ0v) is 18.9. The van der Waals surface area contributed by atoms with E-state index < -0.39 is 10.9 Å². The van der Waals surface area contributed by atoms with Crippen molar-refractivity contribution < 1.29 is 14.5 Å². The van der Waals surface area contributed by atoms with E-state index in [1.807, 2.05) is 30.3 Å². The molecule has 2 aromatic heterocycles. The fourth-order valence-electron chi connectivity index (χ4n) is 3.45. The first kappa shape index (κ1) is 23.3. The van der Waals surface area contributed by atoms with Gasteiger partial charge in [0.05, 0.1) is 23.6 Å². The van der Waals surface area contributed by atoms with Gasteiger partial charge in [-0.15, -0.1) is 0 Å². The van der Waals surface area contributed by atoms with E-state index in [4.69, 9.17) is 4.74 Å². The van der Waals surface area contributed by atoms with Crippen LogP contribution in [-0.4, -0.2) is 32.5 Å². The van der Waals surface area contributed by atoms with Crippen molar-refractivity contribution in [1.82, 2.24) is 15.0 Å². The second-order valence-electron chi connectivity index (χ2n) is 7.34. The maximum absolute atomic E-state index is 12.2. The van der Waals surface area contributed by atoms with Crippen LogP contribution in [0.2, 0.25) is 0 Å². The minimum Gasteiger partial charge on any atom is -0.462 e. The lowest BCUT2D eigenvalue weighted by Gasteiger charge is -2.23. The van der Waals surface area contributed by atoms with Gasteiger partial charge in [0, 0.05) is 11.9 Å². The molecule has 4 rings (SSSR count). The van der Waals surface area contributed by atoms with Gasteiger partial charge in [-0.2, -0.15) is 0 Å². The highest BCUT2D eigenvalue weighted by molar-refractivity contribution is 5.91. The lowest BCUT2D eigenvalue weighted by molar-refractivity contribution is -0.383. The van der Waals surface area contributed by atoms with Gasteiger partial charge >= 0.3 is 11.7 Å². The minimum atomic E-state index is -0.534. The highest BCUT2D eigenvalue weighted by Crippen LogP contribution is 2.37. The Morgan fingerprint density at radius 1 is 1.03 bits per heavy atom. The van der Waals surface area contributed by atoms with E-state index in [-0.39, 0.29) is 23.9 Å². The van der Waals surface area contributed by atoms with Crippen molar-refractivity contribution in [3.05, 3.63) is 107 Å². The molecule has 2 heterocycles. The zero-order valence-electron chi connectivity index (χ0n) is 18.9. The highest BCUT2D eigenvalue weighted by Gasteiger charge is 2.29. The topological polar surface area (TPSA) is 123 Å². The summed E-state index contributed by atoms with van der Waals surface area (Å²) in [5.41, 5.74) is 1.35. The Hall–Kier alpha value is -4.86. The van der Waals surface area contributed by atoms with Crippen LogP contribution in [0.4, 0.5) is 28.8 Å². The van der Waals surface area contributed by atoms with Gasteiger partial charge in [-0.3, -0.25) is 10.1 Å². The van der Waals surface area contributed by atoms with Gasteiger partial charge in [0.2, 0.25) is 11.6 Å². The van der Waals surface area contributed by atoms with Crippen LogP contribution in [-0.2, 0) is 11.3 Å². The van der Waals surface area contributed by atoms with Crippen molar-refractivity contribution in [1.29, 1.82) is 0 Å². The molecule has 4 aromatic rings. The van der Waals surface area contributed by atoms with Crippen LogP contribution in [0.3, 0.4) is 0 Å². The fraction of sp³-hybridized carbons (Fsp3) is 0.120. The molecule has 2 aromatic carbocycles. The first-order valence-electron chi connectivity index (χ1n) is 10.8. The standard InChI is InChI=1S/C25H22N6O4/c1-2-35-25(32)19-11-8-12-20(15-19)29-23-22(31(33)34)24(28-17-27-23)30(21-13-6-7-14-26-21)16-18-9-4-3-5-10-18/h3-15,17H,2,16H2,1H3,(H,27,28,29). The van der Waals surface area contributed by atoms with Crippen LogP contribution >= 0.6 is 0 Å². The number of pyridine rings is 1. The lowest BCUT2D eigenvalue weighted by atomic mass is 10.2. The fourth-order valence-corrected chi connectivity index (χ4v) is 3.45.